The molecule has 1 aliphatic carbocycles. The van der Waals surface area contributed by atoms with E-state index in [1.54, 1.807) is 36.3 Å². The minimum Gasteiger partial charge on any atom is -0.497 e. The molecule has 1 fully saturated rings. The van der Waals surface area contributed by atoms with Crippen molar-refractivity contribution >= 4 is 21.6 Å². The van der Waals surface area contributed by atoms with Crippen LogP contribution < -0.4 is 19.1 Å². The lowest BCUT2D eigenvalue weighted by Gasteiger charge is -2.37. The lowest BCUT2D eigenvalue weighted by atomic mass is 9.90. The molecule has 0 bridgehead atoms. The first kappa shape index (κ1) is 21.3. The summed E-state index contributed by atoms with van der Waals surface area (Å²) >= 11 is 0. The van der Waals surface area contributed by atoms with Crippen LogP contribution in [0, 0.1) is 5.92 Å². The van der Waals surface area contributed by atoms with Gasteiger partial charge in [0, 0.05) is 36.2 Å². The Morgan fingerprint density at radius 2 is 1.97 bits per heavy atom. The normalized spacial score (nSPS) is 21.5. The molecule has 32 heavy (non-hydrogen) atoms. The van der Waals surface area contributed by atoms with Gasteiger partial charge in [-0.1, -0.05) is 6.07 Å². The zero-order valence-corrected chi connectivity index (χ0v) is 19.4. The van der Waals surface area contributed by atoms with Crippen LogP contribution in [0.25, 0.3) is 0 Å². The second-order valence-electron chi connectivity index (χ2n) is 9.45. The average molecular weight is 457 g/mol. The Kier molecular flexibility index (Phi) is 4.98. The Hall–Kier alpha value is -2.58. The summed E-state index contributed by atoms with van der Waals surface area (Å²) in [6.07, 6.45) is 3.08. The first-order chi connectivity index (χ1) is 15.2. The van der Waals surface area contributed by atoms with Crippen LogP contribution in [-0.4, -0.2) is 33.6 Å². The molecule has 1 saturated carbocycles. The molecular weight excluding hydrogens is 428 g/mol. The quantitative estimate of drug-likeness (QED) is 0.744. The van der Waals surface area contributed by atoms with Crippen LogP contribution in [0.2, 0.25) is 0 Å². The summed E-state index contributed by atoms with van der Waals surface area (Å²) in [5.74, 6) is 1.58. The van der Waals surface area contributed by atoms with Gasteiger partial charge in [-0.2, -0.15) is 0 Å². The summed E-state index contributed by atoms with van der Waals surface area (Å²) in [5, 5.41) is 0. The molecule has 8 heteroatoms. The molecule has 2 aromatic carbocycles. The molecule has 0 saturated heterocycles. The van der Waals surface area contributed by atoms with Gasteiger partial charge in [-0.05, 0) is 62.9 Å². The Bertz CT molecular complexity index is 1190. The van der Waals surface area contributed by atoms with Crippen molar-refractivity contribution in [1.82, 2.24) is 4.72 Å². The lowest BCUT2D eigenvalue weighted by molar-refractivity contribution is -0.119. The van der Waals surface area contributed by atoms with Gasteiger partial charge < -0.3 is 14.4 Å². The van der Waals surface area contributed by atoms with Gasteiger partial charge in [-0.15, -0.1) is 0 Å². The van der Waals surface area contributed by atoms with Crippen LogP contribution in [0.1, 0.15) is 50.3 Å². The number of hydrogen-bond acceptors (Lipinski definition) is 5. The van der Waals surface area contributed by atoms with Gasteiger partial charge in [0.1, 0.15) is 17.1 Å². The largest absolute Gasteiger partial charge is 0.497 e. The summed E-state index contributed by atoms with van der Waals surface area (Å²) in [4.78, 5) is 14.5. The number of carbonyl (C=O) groups is 1. The van der Waals surface area contributed by atoms with E-state index in [4.69, 9.17) is 9.47 Å². The van der Waals surface area contributed by atoms with E-state index < -0.39 is 21.7 Å². The summed E-state index contributed by atoms with van der Waals surface area (Å²) < 4.78 is 40.9. The molecule has 2 aliphatic heterocycles. The van der Waals surface area contributed by atoms with Gasteiger partial charge in [-0.25, -0.2) is 13.1 Å². The molecule has 7 nitrogen and oxygen atoms in total. The number of nitrogens with one attached hydrogen (secondary N) is 1. The maximum absolute atomic E-state index is 13.3. The van der Waals surface area contributed by atoms with Crippen molar-refractivity contribution in [2.45, 2.75) is 56.1 Å². The number of carbonyl (C=O) groups excluding carboxylic acids is 1. The Morgan fingerprint density at radius 3 is 2.69 bits per heavy atom. The van der Waals surface area contributed by atoms with Crippen LogP contribution in [0.3, 0.4) is 0 Å². The Balaban J connectivity index is 1.42. The molecule has 0 radical (unpaired) electrons. The number of methoxy groups -OCH3 is 1. The smallest absolute Gasteiger partial charge is 0.241 e. The SMILES string of the molecule is COc1ccc2c(c1)OC(C)(C)C[C@H]2NS(=O)(=O)c1ccc2c(c1)CCN2C(=O)C1CC1. The fourth-order valence-electron chi connectivity index (χ4n) is 4.64. The van der Waals surface area contributed by atoms with Crippen molar-refractivity contribution in [3.8, 4) is 11.5 Å². The molecule has 3 aliphatic rings. The van der Waals surface area contributed by atoms with E-state index >= 15 is 0 Å². The average Bonchev–Trinajstić information content (AvgIpc) is 3.50. The number of amides is 1. The molecule has 1 N–H and O–H groups in total. The van der Waals surface area contributed by atoms with Crippen molar-refractivity contribution in [3.05, 3.63) is 47.5 Å². The van der Waals surface area contributed by atoms with E-state index in [0.717, 1.165) is 29.7 Å². The van der Waals surface area contributed by atoms with Crippen molar-refractivity contribution in [3.63, 3.8) is 0 Å². The highest BCUT2D eigenvalue weighted by Gasteiger charge is 2.38. The molecule has 5 rings (SSSR count). The highest BCUT2D eigenvalue weighted by Crippen LogP contribution is 2.42. The van der Waals surface area contributed by atoms with Crippen LogP contribution in [0.5, 0.6) is 11.5 Å². The minimum atomic E-state index is -3.77. The third-order valence-corrected chi connectivity index (χ3v) is 7.89. The maximum Gasteiger partial charge on any atom is 0.241 e. The summed E-state index contributed by atoms with van der Waals surface area (Å²) in [5.41, 5.74) is 2.00. The number of nitrogens with zero attached hydrogens (tertiary/aromatic N) is 1. The van der Waals surface area contributed by atoms with Crippen LogP contribution >= 0.6 is 0 Å². The van der Waals surface area contributed by atoms with E-state index in [1.807, 2.05) is 26.0 Å². The van der Waals surface area contributed by atoms with Gasteiger partial charge in [0.2, 0.25) is 15.9 Å². The summed E-state index contributed by atoms with van der Waals surface area (Å²) in [6.45, 7) is 4.50. The number of anilines is 1. The van der Waals surface area contributed by atoms with Crippen molar-refractivity contribution in [1.29, 1.82) is 0 Å². The summed E-state index contributed by atoms with van der Waals surface area (Å²) in [7, 11) is -2.19. The monoisotopic (exact) mass is 456 g/mol. The molecule has 0 unspecified atom stereocenters. The topological polar surface area (TPSA) is 84.9 Å². The molecule has 170 valence electrons. The van der Waals surface area contributed by atoms with Gasteiger partial charge >= 0.3 is 0 Å². The molecule has 2 aromatic rings. The zero-order valence-electron chi connectivity index (χ0n) is 18.6. The number of fused-ring (bicyclic) bond motifs is 2. The number of ether oxygens (including phenoxy) is 2. The highest BCUT2D eigenvalue weighted by molar-refractivity contribution is 7.89. The summed E-state index contributed by atoms with van der Waals surface area (Å²) in [6, 6.07) is 10.1. The molecule has 1 atom stereocenters. The second-order valence-corrected chi connectivity index (χ2v) is 11.2. The fraction of sp³-hybridized carbons (Fsp3) is 0.458. The molecular formula is C24H28N2O5S. The van der Waals surface area contributed by atoms with Crippen molar-refractivity contribution in [2.24, 2.45) is 5.92 Å². The highest BCUT2D eigenvalue weighted by atomic mass is 32.2. The number of sulfonamides is 1. The molecule has 0 aromatic heterocycles. The maximum atomic E-state index is 13.3. The first-order valence-electron chi connectivity index (χ1n) is 11.0. The third kappa shape index (κ3) is 3.86. The first-order valence-corrected chi connectivity index (χ1v) is 12.5. The van der Waals surface area contributed by atoms with E-state index in [9.17, 15) is 13.2 Å². The minimum absolute atomic E-state index is 0.140. The van der Waals surface area contributed by atoms with Crippen molar-refractivity contribution < 1.29 is 22.7 Å². The Morgan fingerprint density at radius 1 is 1.19 bits per heavy atom. The number of benzene rings is 2. The number of rotatable bonds is 5. The predicted octanol–water partition coefficient (Wildman–Crippen LogP) is 3.58. The van der Waals surface area contributed by atoms with Gasteiger partial charge in [0.25, 0.3) is 0 Å². The van der Waals surface area contributed by atoms with Gasteiger partial charge in [0.05, 0.1) is 18.0 Å². The van der Waals surface area contributed by atoms with Crippen LogP contribution in [0.15, 0.2) is 41.3 Å². The fourth-order valence-corrected chi connectivity index (χ4v) is 5.91. The molecule has 2 heterocycles. The van der Waals surface area contributed by atoms with E-state index in [2.05, 4.69) is 4.72 Å². The van der Waals surface area contributed by atoms with Gasteiger partial charge in [0.15, 0.2) is 0 Å². The van der Waals surface area contributed by atoms with Crippen LogP contribution in [-0.2, 0) is 21.2 Å². The van der Waals surface area contributed by atoms with Crippen molar-refractivity contribution in [2.75, 3.05) is 18.6 Å². The standard InChI is InChI=1S/C24H28N2O5S/c1-24(2)14-20(19-8-6-17(30-3)13-22(19)31-24)25-32(28,29)18-7-9-21-16(12-18)10-11-26(21)23(27)15-4-5-15/h6-9,12-13,15,20,25H,4-5,10-11,14H2,1-3H3/t20-/m1/s1. The van der Waals surface area contributed by atoms with Crippen LogP contribution in [0.4, 0.5) is 5.69 Å². The molecule has 1 amide bonds. The predicted molar refractivity (Wildman–Crippen MR) is 121 cm³/mol. The number of hydrogen-bond donors (Lipinski definition) is 1. The molecule has 0 spiro atoms. The van der Waals surface area contributed by atoms with E-state index in [1.165, 1.54) is 0 Å². The third-order valence-electron chi connectivity index (χ3n) is 6.42. The zero-order chi connectivity index (χ0) is 22.7. The van der Waals surface area contributed by atoms with E-state index in [-0.39, 0.29) is 16.7 Å². The Labute approximate surface area is 188 Å². The van der Waals surface area contributed by atoms with Gasteiger partial charge in [-0.3, -0.25) is 4.79 Å². The second kappa shape index (κ2) is 7.49. The lowest BCUT2D eigenvalue weighted by Crippen LogP contribution is -2.41. The van der Waals surface area contributed by atoms with E-state index in [0.29, 0.717) is 30.9 Å².